The molecular weight excluding hydrogens is 276 g/mol. The molecule has 0 saturated carbocycles. The van der Waals surface area contributed by atoms with Gasteiger partial charge in [-0.3, -0.25) is 9.78 Å². The second kappa shape index (κ2) is 8.17. The summed E-state index contributed by atoms with van der Waals surface area (Å²) in [6.07, 6.45) is 4.85. The van der Waals surface area contributed by atoms with Crippen molar-refractivity contribution < 1.29 is 9.53 Å². The maximum absolute atomic E-state index is 12.0. The molecule has 0 aliphatic heterocycles. The van der Waals surface area contributed by atoms with Gasteiger partial charge in [0.1, 0.15) is 5.75 Å². The number of nitrogens with one attached hydrogen (secondary N) is 1. The minimum absolute atomic E-state index is 0.0739. The molecule has 1 amide bonds. The molecule has 1 heterocycles. The van der Waals surface area contributed by atoms with E-state index in [4.69, 9.17) is 4.74 Å². The molecule has 1 aromatic heterocycles. The monoisotopic (exact) mass is 298 g/mol. The van der Waals surface area contributed by atoms with Crippen LogP contribution in [0.3, 0.4) is 0 Å². The van der Waals surface area contributed by atoms with Gasteiger partial charge in [0.15, 0.2) is 0 Å². The molecule has 116 valence electrons. The summed E-state index contributed by atoms with van der Waals surface area (Å²) in [4.78, 5) is 16.1. The van der Waals surface area contributed by atoms with Gasteiger partial charge < -0.3 is 10.1 Å². The first-order chi connectivity index (χ1) is 10.7. The average molecular weight is 298 g/mol. The summed E-state index contributed by atoms with van der Waals surface area (Å²) in [5.74, 6) is 1.10. The van der Waals surface area contributed by atoms with E-state index in [1.165, 1.54) is 5.56 Å². The van der Waals surface area contributed by atoms with E-state index in [9.17, 15) is 4.79 Å². The zero-order valence-corrected chi connectivity index (χ0v) is 13.1. The zero-order valence-electron chi connectivity index (χ0n) is 13.1. The third-order valence-corrected chi connectivity index (χ3v) is 3.64. The van der Waals surface area contributed by atoms with E-state index in [1.807, 2.05) is 49.5 Å². The van der Waals surface area contributed by atoms with E-state index < -0.39 is 0 Å². The van der Waals surface area contributed by atoms with Crippen LogP contribution in [0.25, 0.3) is 0 Å². The Morgan fingerprint density at radius 3 is 2.68 bits per heavy atom. The molecule has 4 heteroatoms. The zero-order chi connectivity index (χ0) is 15.8. The van der Waals surface area contributed by atoms with Crippen molar-refractivity contribution >= 4 is 5.91 Å². The lowest BCUT2D eigenvalue weighted by Crippen LogP contribution is -2.26. The number of benzene rings is 1. The number of rotatable bonds is 7. The second-order valence-corrected chi connectivity index (χ2v) is 5.34. The lowest BCUT2D eigenvalue weighted by atomic mass is 9.99. The quantitative estimate of drug-likeness (QED) is 0.855. The van der Waals surface area contributed by atoms with Gasteiger partial charge in [0.05, 0.1) is 7.11 Å². The summed E-state index contributed by atoms with van der Waals surface area (Å²) in [5, 5.41) is 2.97. The van der Waals surface area contributed by atoms with Gasteiger partial charge in [-0.05, 0) is 41.7 Å². The second-order valence-electron chi connectivity index (χ2n) is 5.34. The SMILES string of the molecule is COc1ccc(CCNC(=O)CC(C)c2cccnc2)cc1. The van der Waals surface area contributed by atoms with Gasteiger partial charge in [0, 0.05) is 25.4 Å². The Balaban J connectivity index is 1.73. The Bertz CT molecular complexity index is 582. The van der Waals surface area contributed by atoms with Gasteiger partial charge >= 0.3 is 0 Å². The van der Waals surface area contributed by atoms with E-state index in [0.29, 0.717) is 13.0 Å². The van der Waals surface area contributed by atoms with Crippen LogP contribution in [-0.2, 0) is 11.2 Å². The van der Waals surface area contributed by atoms with Gasteiger partial charge in [0.25, 0.3) is 0 Å². The van der Waals surface area contributed by atoms with Gasteiger partial charge in [-0.25, -0.2) is 0 Å². The Kier molecular flexibility index (Phi) is 5.95. The number of hydrogen-bond acceptors (Lipinski definition) is 3. The number of methoxy groups -OCH3 is 1. The van der Waals surface area contributed by atoms with E-state index >= 15 is 0 Å². The van der Waals surface area contributed by atoms with Crippen LogP contribution in [-0.4, -0.2) is 24.5 Å². The van der Waals surface area contributed by atoms with E-state index in [2.05, 4.69) is 10.3 Å². The van der Waals surface area contributed by atoms with Gasteiger partial charge in [0.2, 0.25) is 5.91 Å². The van der Waals surface area contributed by atoms with Crippen molar-refractivity contribution in [3.8, 4) is 5.75 Å². The standard InChI is InChI=1S/C18H22N2O2/c1-14(16-4-3-10-19-13-16)12-18(21)20-11-9-15-5-7-17(22-2)8-6-15/h3-8,10,13-14H,9,11-12H2,1-2H3,(H,20,21). The van der Waals surface area contributed by atoms with Crippen molar-refractivity contribution in [3.63, 3.8) is 0 Å². The van der Waals surface area contributed by atoms with Gasteiger partial charge in [-0.1, -0.05) is 25.1 Å². The van der Waals surface area contributed by atoms with Crippen molar-refractivity contribution in [3.05, 3.63) is 59.9 Å². The first-order valence-corrected chi connectivity index (χ1v) is 7.48. The number of carbonyl (C=O) groups excluding carboxylic acids is 1. The highest BCUT2D eigenvalue weighted by molar-refractivity contribution is 5.76. The molecule has 22 heavy (non-hydrogen) atoms. The highest BCUT2D eigenvalue weighted by Gasteiger charge is 2.10. The molecule has 0 radical (unpaired) electrons. The number of aromatic nitrogens is 1. The van der Waals surface area contributed by atoms with Gasteiger partial charge in [-0.2, -0.15) is 0 Å². The molecule has 4 nitrogen and oxygen atoms in total. The van der Waals surface area contributed by atoms with Gasteiger partial charge in [-0.15, -0.1) is 0 Å². The predicted molar refractivity (Wildman–Crippen MR) is 87.0 cm³/mol. The largest absolute Gasteiger partial charge is 0.497 e. The summed E-state index contributed by atoms with van der Waals surface area (Å²) < 4.78 is 5.12. The highest BCUT2D eigenvalue weighted by atomic mass is 16.5. The van der Waals surface area contributed by atoms with Crippen molar-refractivity contribution in [1.29, 1.82) is 0 Å². The molecule has 1 aromatic carbocycles. The fourth-order valence-electron chi connectivity index (χ4n) is 2.27. The third kappa shape index (κ3) is 4.88. The first-order valence-electron chi connectivity index (χ1n) is 7.48. The first kappa shape index (κ1) is 16.0. The number of pyridine rings is 1. The molecular formula is C18H22N2O2. The van der Waals surface area contributed by atoms with Crippen LogP contribution in [0, 0.1) is 0 Å². The fraction of sp³-hybridized carbons (Fsp3) is 0.333. The molecule has 2 rings (SSSR count). The Hall–Kier alpha value is -2.36. The topological polar surface area (TPSA) is 51.2 Å². The molecule has 0 spiro atoms. The minimum atomic E-state index is 0.0739. The smallest absolute Gasteiger partial charge is 0.220 e. The van der Waals surface area contributed by atoms with Crippen molar-refractivity contribution in [2.24, 2.45) is 0 Å². The third-order valence-electron chi connectivity index (χ3n) is 3.64. The van der Waals surface area contributed by atoms with E-state index in [-0.39, 0.29) is 11.8 Å². The van der Waals surface area contributed by atoms with Crippen LogP contribution in [0.1, 0.15) is 30.4 Å². The maximum Gasteiger partial charge on any atom is 0.220 e. The predicted octanol–water partition coefficient (Wildman–Crippen LogP) is 2.94. The summed E-state index contributed by atoms with van der Waals surface area (Å²) in [6, 6.07) is 11.8. The van der Waals surface area contributed by atoms with Crippen molar-refractivity contribution in [2.75, 3.05) is 13.7 Å². The summed E-state index contributed by atoms with van der Waals surface area (Å²) in [7, 11) is 1.65. The molecule has 2 aromatic rings. The lowest BCUT2D eigenvalue weighted by molar-refractivity contribution is -0.121. The summed E-state index contributed by atoms with van der Waals surface area (Å²) in [5.41, 5.74) is 2.27. The van der Waals surface area contributed by atoms with Crippen molar-refractivity contribution in [2.45, 2.75) is 25.7 Å². The lowest BCUT2D eigenvalue weighted by Gasteiger charge is -2.11. The molecule has 0 aliphatic carbocycles. The van der Waals surface area contributed by atoms with Crippen molar-refractivity contribution in [1.82, 2.24) is 10.3 Å². The Morgan fingerprint density at radius 1 is 1.27 bits per heavy atom. The molecule has 0 aliphatic rings. The highest BCUT2D eigenvalue weighted by Crippen LogP contribution is 2.17. The van der Waals surface area contributed by atoms with E-state index in [1.54, 1.807) is 13.3 Å². The van der Waals surface area contributed by atoms with Crippen LogP contribution >= 0.6 is 0 Å². The minimum Gasteiger partial charge on any atom is -0.497 e. The maximum atomic E-state index is 12.0. The molecule has 1 atom stereocenters. The van der Waals surface area contributed by atoms with Crippen LogP contribution in [0.15, 0.2) is 48.8 Å². The Morgan fingerprint density at radius 2 is 2.05 bits per heavy atom. The number of carbonyl (C=O) groups is 1. The molecule has 0 bridgehead atoms. The van der Waals surface area contributed by atoms with E-state index in [0.717, 1.165) is 17.7 Å². The number of ether oxygens (including phenoxy) is 1. The number of nitrogens with zero attached hydrogens (tertiary/aromatic N) is 1. The average Bonchev–Trinajstić information content (AvgIpc) is 2.56. The number of hydrogen-bond donors (Lipinski definition) is 1. The van der Waals surface area contributed by atoms with Crippen LogP contribution in [0.2, 0.25) is 0 Å². The Labute approximate surface area is 131 Å². The summed E-state index contributed by atoms with van der Waals surface area (Å²) in [6.45, 7) is 2.69. The number of amides is 1. The summed E-state index contributed by atoms with van der Waals surface area (Å²) >= 11 is 0. The molecule has 1 unspecified atom stereocenters. The molecule has 1 N–H and O–H groups in total. The normalized spacial score (nSPS) is 11.7. The molecule has 0 fully saturated rings. The fourth-order valence-corrected chi connectivity index (χ4v) is 2.27. The van der Waals surface area contributed by atoms with Crippen LogP contribution in [0.5, 0.6) is 5.75 Å². The van der Waals surface area contributed by atoms with Crippen LogP contribution in [0.4, 0.5) is 0 Å². The molecule has 0 saturated heterocycles. The van der Waals surface area contributed by atoms with Crippen LogP contribution < -0.4 is 10.1 Å².